The molecule has 0 bridgehead atoms. The molecule has 6 nitrogen and oxygen atoms in total. The smallest absolute Gasteiger partial charge is 0.266 e. The summed E-state index contributed by atoms with van der Waals surface area (Å²) in [7, 11) is -4.11. The maximum absolute atomic E-state index is 12.1. The summed E-state index contributed by atoms with van der Waals surface area (Å²) in [6.07, 6.45) is 2.80. The lowest BCUT2D eigenvalue weighted by atomic mass is 10.3. The molecule has 0 fully saturated rings. The third kappa shape index (κ3) is 3.88. The zero-order chi connectivity index (χ0) is 16.3. The van der Waals surface area contributed by atoms with E-state index in [9.17, 15) is 13.2 Å². The van der Waals surface area contributed by atoms with Crippen molar-refractivity contribution in [2.75, 3.05) is 0 Å². The van der Waals surface area contributed by atoms with Crippen LogP contribution in [0.4, 0.5) is 0 Å². The summed E-state index contributed by atoms with van der Waals surface area (Å²) in [5.74, 6) is -0.651. The zero-order valence-electron chi connectivity index (χ0n) is 10.7. The van der Waals surface area contributed by atoms with Gasteiger partial charge in [0.25, 0.3) is 15.9 Å². The average Bonchev–Trinajstić information content (AvgIpc) is 2.49. The van der Waals surface area contributed by atoms with E-state index < -0.39 is 15.9 Å². The number of hydrogen-bond donors (Lipinski definition) is 2. The van der Waals surface area contributed by atoms with Crippen molar-refractivity contribution in [2.24, 2.45) is 0 Å². The molecule has 2 N–H and O–H groups in total. The van der Waals surface area contributed by atoms with Crippen LogP contribution in [0.25, 0.3) is 0 Å². The predicted octanol–water partition coefficient (Wildman–Crippen LogP) is 2.67. The molecular weight excluding hydrogens is 373 g/mol. The topological polar surface area (TPSA) is 88.2 Å². The first-order chi connectivity index (χ1) is 10.3. The summed E-state index contributed by atoms with van der Waals surface area (Å²) in [6.45, 7) is 0. The number of aromatic nitrogens is 1. The van der Waals surface area contributed by atoms with Gasteiger partial charge in [0.2, 0.25) is 0 Å². The van der Waals surface area contributed by atoms with Crippen molar-refractivity contribution in [1.82, 2.24) is 15.2 Å². The largest absolute Gasteiger partial charge is 0.273 e. The van der Waals surface area contributed by atoms with E-state index in [1.54, 1.807) is 0 Å². The molecule has 116 valence electrons. The fourth-order valence-corrected chi connectivity index (χ4v) is 3.30. The quantitative estimate of drug-likeness (QED) is 0.630. The molecule has 1 aromatic heterocycles. The van der Waals surface area contributed by atoms with Gasteiger partial charge in [-0.2, -0.15) is 0 Å². The Bertz CT molecular complexity index is 813. The summed E-state index contributed by atoms with van der Waals surface area (Å²) in [5, 5.41) is 0.0124. The molecule has 22 heavy (non-hydrogen) atoms. The number of nitrogens with one attached hydrogen (secondary N) is 2. The third-order valence-electron chi connectivity index (χ3n) is 2.51. The van der Waals surface area contributed by atoms with Gasteiger partial charge in [-0.1, -0.05) is 34.8 Å². The summed E-state index contributed by atoms with van der Waals surface area (Å²) in [6, 6.07) is 5.14. The van der Waals surface area contributed by atoms with E-state index in [2.05, 4.69) is 10.4 Å². The van der Waals surface area contributed by atoms with Crippen LogP contribution in [0.5, 0.6) is 0 Å². The minimum absolute atomic E-state index is 0.0203. The van der Waals surface area contributed by atoms with Gasteiger partial charge in [0, 0.05) is 18.0 Å². The number of carbonyl (C=O) groups is 1. The Morgan fingerprint density at radius 2 is 1.59 bits per heavy atom. The standard InChI is InChI=1S/C12H8Cl3N3O3S/c13-8-5-10(15)11(6-9(8)14)22(20,21)18-17-12(19)7-1-3-16-4-2-7/h1-6,18H,(H,17,19). The van der Waals surface area contributed by atoms with Crippen molar-refractivity contribution < 1.29 is 13.2 Å². The highest BCUT2D eigenvalue weighted by molar-refractivity contribution is 7.89. The molecule has 1 aromatic carbocycles. The first-order valence-electron chi connectivity index (χ1n) is 5.68. The van der Waals surface area contributed by atoms with Gasteiger partial charge in [0.05, 0.1) is 15.1 Å². The van der Waals surface area contributed by atoms with Gasteiger partial charge in [-0.25, -0.2) is 8.42 Å². The average molecular weight is 381 g/mol. The molecule has 2 aromatic rings. The van der Waals surface area contributed by atoms with E-state index in [1.807, 2.05) is 4.83 Å². The summed E-state index contributed by atoms with van der Waals surface area (Å²) in [5.41, 5.74) is 2.29. The number of benzene rings is 1. The van der Waals surface area contributed by atoms with Crippen LogP contribution in [0.15, 0.2) is 41.6 Å². The van der Waals surface area contributed by atoms with Gasteiger partial charge >= 0.3 is 0 Å². The maximum atomic E-state index is 12.1. The molecule has 0 saturated carbocycles. The lowest BCUT2D eigenvalue weighted by Crippen LogP contribution is -2.41. The van der Waals surface area contributed by atoms with Crippen LogP contribution < -0.4 is 10.3 Å². The molecule has 0 spiro atoms. The lowest BCUT2D eigenvalue weighted by molar-refractivity contribution is 0.0945. The van der Waals surface area contributed by atoms with Crippen LogP contribution in [0.3, 0.4) is 0 Å². The Morgan fingerprint density at radius 1 is 1.00 bits per heavy atom. The van der Waals surface area contributed by atoms with E-state index in [0.717, 1.165) is 6.07 Å². The monoisotopic (exact) mass is 379 g/mol. The van der Waals surface area contributed by atoms with E-state index in [-0.39, 0.29) is 25.5 Å². The number of hydrazine groups is 1. The van der Waals surface area contributed by atoms with Crippen LogP contribution in [0, 0.1) is 0 Å². The van der Waals surface area contributed by atoms with Crippen LogP contribution in [0.2, 0.25) is 15.1 Å². The first-order valence-corrected chi connectivity index (χ1v) is 8.29. The molecule has 2 rings (SSSR count). The van der Waals surface area contributed by atoms with Gasteiger partial charge in [-0.3, -0.25) is 15.2 Å². The zero-order valence-corrected chi connectivity index (χ0v) is 13.8. The Morgan fingerprint density at radius 3 is 2.23 bits per heavy atom. The second-order valence-electron chi connectivity index (χ2n) is 3.99. The third-order valence-corrected chi connectivity index (χ3v) is 4.94. The Kier molecular flexibility index (Phi) is 5.25. The van der Waals surface area contributed by atoms with Crippen molar-refractivity contribution in [3.63, 3.8) is 0 Å². The highest BCUT2D eigenvalue weighted by atomic mass is 35.5. The van der Waals surface area contributed by atoms with Gasteiger partial charge in [-0.05, 0) is 24.3 Å². The minimum atomic E-state index is -4.11. The second-order valence-corrected chi connectivity index (χ2v) is 6.86. The fraction of sp³-hybridized carbons (Fsp3) is 0. The minimum Gasteiger partial charge on any atom is -0.273 e. The Labute approximate surface area is 141 Å². The molecule has 1 amide bonds. The predicted molar refractivity (Wildman–Crippen MR) is 83.5 cm³/mol. The molecule has 1 heterocycles. The van der Waals surface area contributed by atoms with Gasteiger partial charge in [0.1, 0.15) is 4.90 Å². The summed E-state index contributed by atoms with van der Waals surface area (Å²) >= 11 is 17.3. The fourth-order valence-electron chi connectivity index (χ4n) is 1.45. The highest BCUT2D eigenvalue weighted by Gasteiger charge is 2.21. The molecule has 0 saturated heterocycles. The molecule has 0 unspecified atom stereocenters. The van der Waals surface area contributed by atoms with Crippen LogP contribution in [0.1, 0.15) is 10.4 Å². The Hall–Kier alpha value is -1.38. The number of halogens is 3. The van der Waals surface area contributed by atoms with E-state index >= 15 is 0 Å². The van der Waals surface area contributed by atoms with Crippen molar-refractivity contribution in [2.45, 2.75) is 4.90 Å². The number of amides is 1. The molecular formula is C12H8Cl3N3O3S. The van der Waals surface area contributed by atoms with Crippen molar-refractivity contribution >= 4 is 50.7 Å². The molecule has 0 radical (unpaired) electrons. The lowest BCUT2D eigenvalue weighted by Gasteiger charge is -2.10. The van der Waals surface area contributed by atoms with Gasteiger partial charge in [0.15, 0.2) is 0 Å². The molecule has 0 aliphatic heterocycles. The molecule has 0 aliphatic rings. The number of hydrogen-bond acceptors (Lipinski definition) is 4. The summed E-state index contributed by atoms with van der Waals surface area (Å²) in [4.78, 5) is 17.2. The number of pyridine rings is 1. The number of sulfonamides is 1. The van der Waals surface area contributed by atoms with Crippen molar-refractivity contribution in [1.29, 1.82) is 0 Å². The van der Waals surface area contributed by atoms with E-state index in [0.29, 0.717) is 0 Å². The van der Waals surface area contributed by atoms with Gasteiger partial charge < -0.3 is 0 Å². The maximum Gasteiger partial charge on any atom is 0.266 e. The molecule has 0 atom stereocenters. The van der Waals surface area contributed by atoms with Gasteiger partial charge in [-0.15, -0.1) is 4.83 Å². The van der Waals surface area contributed by atoms with Crippen molar-refractivity contribution in [3.05, 3.63) is 57.3 Å². The number of nitrogens with zero attached hydrogens (tertiary/aromatic N) is 1. The normalized spacial score (nSPS) is 11.2. The molecule has 10 heteroatoms. The number of rotatable bonds is 4. The van der Waals surface area contributed by atoms with Crippen LogP contribution in [-0.2, 0) is 10.0 Å². The van der Waals surface area contributed by atoms with E-state index in [1.165, 1.54) is 30.6 Å². The summed E-state index contributed by atoms with van der Waals surface area (Å²) < 4.78 is 24.3. The second kappa shape index (κ2) is 6.80. The van der Waals surface area contributed by atoms with E-state index in [4.69, 9.17) is 34.8 Å². The first kappa shape index (κ1) is 17.0. The Balaban J connectivity index is 2.19. The molecule has 0 aliphatic carbocycles. The van der Waals surface area contributed by atoms with Crippen LogP contribution >= 0.6 is 34.8 Å². The highest BCUT2D eigenvalue weighted by Crippen LogP contribution is 2.31. The number of carbonyl (C=O) groups excluding carboxylic acids is 1. The van der Waals surface area contributed by atoms with Crippen molar-refractivity contribution in [3.8, 4) is 0 Å². The SMILES string of the molecule is O=C(NNS(=O)(=O)c1cc(Cl)c(Cl)cc1Cl)c1ccncc1. The van der Waals surface area contributed by atoms with Crippen LogP contribution in [-0.4, -0.2) is 19.3 Å².